The van der Waals surface area contributed by atoms with Crippen molar-refractivity contribution in [1.82, 2.24) is 9.97 Å². The molecule has 0 bridgehead atoms. The van der Waals surface area contributed by atoms with Crippen LogP contribution in [0.1, 0.15) is 18.5 Å². The van der Waals surface area contributed by atoms with Gasteiger partial charge < -0.3 is 15.2 Å². The largest absolute Gasteiger partial charge is 0.481 e. The van der Waals surface area contributed by atoms with Gasteiger partial charge in [-0.25, -0.2) is 9.78 Å². The summed E-state index contributed by atoms with van der Waals surface area (Å²) in [7, 11) is 1.52. The smallest absolute Gasteiger partial charge is 0.326 e. The minimum atomic E-state index is -0.864. The van der Waals surface area contributed by atoms with Crippen molar-refractivity contribution >= 4 is 11.9 Å². The van der Waals surface area contributed by atoms with Gasteiger partial charge >= 0.3 is 5.97 Å². The topological polar surface area (TPSA) is 84.3 Å². The zero-order chi connectivity index (χ0) is 12.4. The Kier molecular flexibility index (Phi) is 3.12. The number of rotatable bonds is 5. The van der Waals surface area contributed by atoms with E-state index in [2.05, 4.69) is 15.3 Å². The normalized spacial score (nSPS) is 16.4. The number of aromatic nitrogens is 2. The van der Waals surface area contributed by atoms with E-state index in [0.717, 1.165) is 18.5 Å². The summed E-state index contributed by atoms with van der Waals surface area (Å²) in [5, 5.41) is 11.9. The summed E-state index contributed by atoms with van der Waals surface area (Å²) in [6.07, 6.45) is 1.87. The van der Waals surface area contributed by atoms with Crippen LogP contribution in [-0.4, -0.2) is 34.2 Å². The summed E-state index contributed by atoms with van der Waals surface area (Å²) in [6.45, 7) is 1.81. The molecule has 1 fully saturated rings. The molecule has 1 aliphatic carbocycles. The minimum absolute atomic E-state index is 0.183. The molecule has 1 heterocycles. The lowest BCUT2D eigenvalue weighted by molar-refractivity contribution is -0.138. The van der Waals surface area contributed by atoms with Crippen LogP contribution in [0.5, 0.6) is 5.88 Å². The first-order valence-electron chi connectivity index (χ1n) is 5.49. The van der Waals surface area contributed by atoms with Gasteiger partial charge in [0.2, 0.25) is 11.8 Å². The van der Waals surface area contributed by atoms with E-state index in [-0.39, 0.29) is 5.92 Å². The molecule has 1 aromatic heterocycles. The van der Waals surface area contributed by atoms with E-state index in [1.807, 2.05) is 6.92 Å². The maximum Gasteiger partial charge on any atom is 0.326 e. The van der Waals surface area contributed by atoms with Crippen molar-refractivity contribution in [2.45, 2.75) is 25.8 Å². The van der Waals surface area contributed by atoms with Gasteiger partial charge in [0.05, 0.1) is 7.11 Å². The van der Waals surface area contributed by atoms with E-state index >= 15 is 0 Å². The number of aryl methyl sites for hydroxylation is 1. The Morgan fingerprint density at radius 2 is 2.29 bits per heavy atom. The fraction of sp³-hybridized carbons (Fsp3) is 0.545. The molecule has 92 valence electrons. The number of aliphatic carboxylic acids is 1. The first-order valence-corrected chi connectivity index (χ1v) is 5.49. The lowest BCUT2D eigenvalue weighted by Gasteiger charge is -2.14. The van der Waals surface area contributed by atoms with Gasteiger partial charge in [0.15, 0.2) is 0 Å². The molecule has 6 heteroatoms. The molecular formula is C11H15N3O3. The van der Waals surface area contributed by atoms with Crippen molar-refractivity contribution < 1.29 is 14.6 Å². The Morgan fingerprint density at radius 1 is 1.59 bits per heavy atom. The quantitative estimate of drug-likeness (QED) is 0.796. The van der Waals surface area contributed by atoms with Crippen molar-refractivity contribution in [2.24, 2.45) is 5.92 Å². The molecule has 0 saturated heterocycles. The Balaban J connectivity index is 2.16. The second kappa shape index (κ2) is 4.57. The molecule has 0 amide bonds. The number of nitrogens with one attached hydrogen (secondary N) is 1. The van der Waals surface area contributed by atoms with Gasteiger partial charge in [-0.3, -0.25) is 0 Å². The predicted octanol–water partition coefficient (Wildman–Crippen LogP) is 1.07. The molecule has 17 heavy (non-hydrogen) atoms. The highest BCUT2D eigenvalue weighted by Crippen LogP contribution is 2.34. The van der Waals surface area contributed by atoms with Crippen LogP contribution in [0.3, 0.4) is 0 Å². The molecule has 1 aromatic rings. The predicted molar refractivity (Wildman–Crippen MR) is 61.1 cm³/mol. The number of methoxy groups -OCH3 is 1. The second-order valence-electron chi connectivity index (χ2n) is 4.17. The van der Waals surface area contributed by atoms with Crippen LogP contribution in [0.25, 0.3) is 0 Å². The molecule has 0 aliphatic heterocycles. The van der Waals surface area contributed by atoms with E-state index in [4.69, 9.17) is 9.84 Å². The van der Waals surface area contributed by atoms with E-state index in [0.29, 0.717) is 11.8 Å². The van der Waals surface area contributed by atoms with Gasteiger partial charge in [-0.05, 0) is 25.7 Å². The van der Waals surface area contributed by atoms with Crippen LogP contribution < -0.4 is 10.1 Å². The van der Waals surface area contributed by atoms with Crippen molar-refractivity contribution in [3.8, 4) is 5.88 Å². The summed E-state index contributed by atoms with van der Waals surface area (Å²) in [4.78, 5) is 19.3. The number of carboxylic acids is 1. The van der Waals surface area contributed by atoms with E-state index in [1.54, 1.807) is 6.07 Å². The average Bonchev–Trinajstić information content (AvgIpc) is 3.08. The van der Waals surface area contributed by atoms with Gasteiger partial charge in [-0.2, -0.15) is 4.98 Å². The molecule has 1 atom stereocenters. The molecule has 1 saturated carbocycles. The van der Waals surface area contributed by atoms with Crippen molar-refractivity contribution in [3.63, 3.8) is 0 Å². The Bertz CT molecular complexity index is 432. The Morgan fingerprint density at radius 3 is 2.82 bits per heavy atom. The van der Waals surface area contributed by atoms with Crippen LogP contribution in [0.4, 0.5) is 5.95 Å². The molecule has 0 radical (unpaired) electrons. The monoisotopic (exact) mass is 237 g/mol. The van der Waals surface area contributed by atoms with Crippen molar-refractivity contribution in [1.29, 1.82) is 0 Å². The van der Waals surface area contributed by atoms with Gasteiger partial charge in [0.25, 0.3) is 0 Å². The molecule has 2 N–H and O–H groups in total. The van der Waals surface area contributed by atoms with Crippen molar-refractivity contribution in [2.75, 3.05) is 12.4 Å². The first-order chi connectivity index (χ1) is 8.10. The van der Waals surface area contributed by atoms with Gasteiger partial charge in [0, 0.05) is 11.8 Å². The first kappa shape index (κ1) is 11.6. The lowest BCUT2D eigenvalue weighted by atomic mass is 10.2. The molecule has 1 aliphatic rings. The Hall–Kier alpha value is -1.85. The number of carbonyl (C=O) groups is 1. The van der Waals surface area contributed by atoms with E-state index < -0.39 is 12.0 Å². The zero-order valence-electron chi connectivity index (χ0n) is 9.80. The number of ether oxygens (including phenoxy) is 1. The maximum atomic E-state index is 11.1. The molecule has 0 aromatic carbocycles. The highest BCUT2D eigenvalue weighted by Gasteiger charge is 2.36. The number of nitrogens with zero attached hydrogens (tertiary/aromatic N) is 2. The summed E-state index contributed by atoms with van der Waals surface area (Å²) in [6, 6.07) is 1.08. The SMILES string of the molecule is COc1cc(C)nc(NC(C(=O)O)C2CC2)n1. The third kappa shape index (κ3) is 2.83. The van der Waals surface area contributed by atoms with Gasteiger partial charge in [0.1, 0.15) is 6.04 Å². The maximum absolute atomic E-state index is 11.1. The Labute approximate surface area is 99.0 Å². The lowest BCUT2D eigenvalue weighted by Crippen LogP contribution is -2.32. The van der Waals surface area contributed by atoms with Crippen molar-refractivity contribution in [3.05, 3.63) is 11.8 Å². The molecule has 1 unspecified atom stereocenters. The van der Waals surface area contributed by atoms with E-state index in [9.17, 15) is 4.79 Å². The van der Waals surface area contributed by atoms with E-state index in [1.165, 1.54) is 7.11 Å². The molecule has 0 spiro atoms. The fourth-order valence-electron chi connectivity index (χ4n) is 1.66. The second-order valence-corrected chi connectivity index (χ2v) is 4.17. The van der Waals surface area contributed by atoms with Gasteiger partial charge in [-0.1, -0.05) is 0 Å². The molecular weight excluding hydrogens is 222 g/mol. The van der Waals surface area contributed by atoms with Crippen LogP contribution >= 0.6 is 0 Å². The van der Waals surface area contributed by atoms with Crippen LogP contribution in [0, 0.1) is 12.8 Å². The highest BCUT2D eigenvalue weighted by molar-refractivity contribution is 5.77. The summed E-state index contributed by atoms with van der Waals surface area (Å²) >= 11 is 0. The zero-order valence-corrected chi connectivity index (χ0v) is 9.80. The third-order valence-corrected chi connectivity index (χ3v) is 2.68. The standard InChI is InChI=1S/C11H15N3O3/c1-6-5-8(17-2)13-11(12-6)14-9(10(15)16)7-3-4-7/h5,7,9H,3-4H2,1-2H3,(H,15,16)(H,12,13,14). The summed E-state index contributed by atoms with van der Waals surface area (Å²) in [5.74, 6) is 0.0558. The fourth-order valence-corrected chi connectivity index (χ4v) is 1.66. The number of hydrogen-bond donors (Lipinski definition) is 2. The molecule has 6 nitrogen and oxygen atoms in total. The highest BCUT2D eigenvalue weighted by atomic mass is 16.5. The van der Waals surface area contributed by atoms with Gasteiger partial charge in [-0.15, -0.1) is 0 Å². The van der Waals surface area contributed by atoms with Crippen LogP contribution in [-0.2, 0) is 4.79 Å². The summed E-state index contributed by atoms with van der Waals surface area (Å²) in [5.41, 5.74) is 0.735. The van der Waals surface area contributed by atoms with Crippen LogP contribution in [0.15, 0.2) is 6.07 Å². The molecule has 2 rings (SSSR count). The minimum Gasteiger partial charge on any atom is -0.481 e. The number of hydrogen-bond acceptors (Lipinski definition) is 5. The third-order valence-electron chi connectivity index (χ3n) is 2.68. The summed E-state index contributed by atoms with van der Waals surface area (Å²) < 4.78 is 5.02. The average molecular weight is 237 g/mol. The number of carboxylic acid groups (broad SMARTS) is 1. The number of anilines is 1. The van der Waals surface area contributed by atoms with Crippen LogP contribution in [0.2, 0.25) is 0 Å².